The summed E-state index contributed by atoms with van der Waals surface area (Å²) in [5, 5.41) is 20.8. The number of carbonyl (C=O) groups excluding carboxylic acids is 1. The van der Waals surface area contributed by atoms with E-state index >= 15 is 0 Å². The molecule has 1 aromatic carbocycles. The molecule has 1 amide bonds. The number of anilines is 1. The van der Waals surface area contributed by atoms with Gasteiger partial charge in [-0.15, -0.1) is 0 Å². The van der Waals surface area contributed by atoms with E-state index in [-0.39, 0.29) is 11.6 Å². The first-order valence-corrected chi connectivity index (χ1v) is 6.78. The lowest BCUT2D eigenvalue weighted by Crippen LogP contribution is -2.35. The molecular formula is C15H15N5O. The van der Waals surface area contributed by atoms with E-state index in [2.05, 4.69) is 10.5 Å². The van der Waals surface area contributed by atoms with Gasteiger partial charge in [0, 0.05) is 18.7 Å². The van der Waals surface area contributed by atoms with Gasteiger partial charge in [-0.2, -0.15) is 15.6 Å². The van der Waals surface area contributed by atoms with E-state index in [1.807, 2.05) is 4.90 Å². The van der Waals surface area contributed by atoms with Gasteiger partial charge in [-0.05, 0) is 43.5 Å². The monoisotopic (exact) mass is 281 g/mol. The first kappa shape index (κ1) is 14.5. The molecule has 2 rings (SSSR count). The summed E-state index contributed by atoms with van der Waals surface area (Å²) in [7, 11) is 0. The molecule has 1 aliphatic heterocycles. The van der Waals surface area contributed by atoms with Gasteiger partial charge in [-0.1, -0.05) is 0 Å². The third kappa shape index (κ3) is 3.80. The van der Waals surface area contributed by atoms with Gasteiger partial charge in [0.05, 0.1) is 5.69 Å². The van der Waals surface area contributed by atoms with Gasteiger partial charge in [0.15, 0.2) is 0 Å². The molecule has 0 saturated carbocycles. The Bertz CT molecular complexity index is 599. The topological polar surface area (TPSA) is 92.3 Å². The molecule has 1 N–H and O–H groups in total. The second-order valence-electron chi connectivity index (χ2n) is 4.73. The Morgan fingerprint density at radius 3 is 2.29 bits per heavy atom. The third-order valence-corrected chi connectivity index (χ3v) is 3.28. The number of nitrogens with one attached hydrogen (secondary N) is 1. The number of amides is 1. The minimum Gasteiger partial charge on any atom is -0.339 e. The van der Waals surface area contributed by atoms with Crippen molar-refractivity contribution in [2.24, 2.45) is 5.10 Å². The second-order valence-corrected chi connectivity index (χ2v) is 4.73. The van der Waals surface area contributed by atoms with Crippen LogP contribution < -0.4 is 5.43 Å². The third-order valence-electron chi connectivity index (χ3n) is 3.28. The minimum absolute atomic E-state index is 0.0412. The fourth-order valence-electron chi connectivity index (χ4n) is 2.16. The van der Waals surface area contributed by atoms with Crippen LogP contribution in [0.25, 0.3) is 0 Å². The fourth-order valence-corrected chi connectivity index (χ4v) is 2.16. The number of piperidine rings is 1. The fraction of sp³-hybridized carbons (Fsp3) is 0.333. The van der Waals surface area contributed by atoms with Crippen molar-refractivity contribution in [1.29, 1.82) is 10.5 Å². The van der Waals surface area contributed by atoms with Crippen molar-refractivity contribution < 1.29 is 4.79 Å². The molecule has 0 radical (unpaired) electrons. The molecule has 1 aliphatic rings. The number of rotatable bonds is 3. The van der Waals surface area contributed by atoms with E-state index in [0.717, 1.165) is 25.9 Å². The molecule has 0 atom stereocenters. The van der Waals surface area contributed by atoms with Crippen LogP contribution in [0.4, 0.5) is 5.69 Å². The Morgan fingerprint density at radius 1 is 1.10 bits per heavy atom. The van der Waals surface area contributed by atoms with Gasteiger partial charge in [-0.3, -0.25) is 10.2 Å². The predicted octanol–water partition coefficient (Wildman–Crippen LogP) is 2.13. The molecule has 1 aromatic rings. The van der Waals surface area contributed by atoms with Gasteiger partial charge in [-0.25, -0.2) is 0 Å². The maximum absolute atomic E-state index is 12.3. The summed E-state index contributed by atoms with van der Waals surface area (Å²) in [6, 6.07) is 10.2. The summed E-state index contributed by atoms with van der Waals surface area (Å²) in [4.78, 5) is 14.1. The lowest BCUT2D eigenvalue weighted by molar-refractivity contribution is 0.0724. The van der Waals surface area contributed by atoms with E-state index in [4.69, 9.17) is 10.5 Å². The van der Waals surface area contributed by atoms with E-state index < -0.39 is 0 Å². The van der Waals surface area contributed by atoms with Crippen LogP contribution in [0.3, 0.4) is 0 Å². The number of hydrogen-bond donors (Lipinski definition) is 1. The number of likely N-dealkylation sites (tertiary alicyclic amines) is 1. The normalized spacial score (nSPS) is 13.7. The average molecular weight is 281 g/mol. The summed E-state index contributed by atoms with van der Waals surface area (Å²) in [5.41, 5.74) is 3.61. The van der Waals surface area contributed by atoms with Crippen LogP contribution in [0.2, 0.25) is 0 Å². The zero-order chi connectivity index (χ0) is 15.1. The highest BCUT2D eigenvalue weighted by Crippen LogP contribution is 2.15. The lowest BCUT2D eigenvalue weighted by Gasteiger charge is -2.26. The Balaban J connectivity index is 2.02. The van der Waals surface area contributed by atoms with Crippen LogP contribution in [0.5, 0.6) is 0 Å². The van der Waals surface area contributed by atoms with Gasteiger partial charge in [0.1, 0.15) is 12.1 Å². The quantitative estimate of drug-likeness (QED) is 0.678. The SMILES string of the molecule is N#CC(C#N)=NNc1ccc(C(=O)N2CCCCC2)cc1. The van der Waals surface area contributed by atoms with Crippen molar-refractivity contribution >= 4 is 17.3 Å². The van der Waals surface area contributed by atoms with Gasteiger partial charge in [0.25, 0.3) is 5.91 Å². The highest BCUT2D eigenvalue weighted by Gasteiger charge is 2.17. The highest BCUT2D eigenvalue weighted by molar-refractivity contribution is 6.10. The first-order chi connectivity index (χ1) is 10.2. The summed E-state index contributed by atoms with van der Waals surface area (Å²) in [5.74, 6) is 0.0412. The molecule has 106 valence electrons. The standard InChI is InChI=1S/C15H15N5O/c16-10-14(11-17)19-18-13-6-4-12(5-7-13)15(21)20-8-2-1-3-9-20/h4-7,18H,1-3,8-9H2. The molecule has 21 heavy (non-hydrogen) atoms. The molecule has 1 saturated heterocycles. The summed E-state index contributed by atoms with van der Waals surface area (Å²) >= 11 is 0. The van der Waals surface area contributed by atoms with Crippen LogP contribution in [-0.2, 0) is 0 Å². The summed E-state index contributed by atoms with van der Waals surface area (Å²) in [6.07, 6.45) is 3.31. The zero-order valence-corrected chi connectivity index (χ0v) is 11.5. The maximum Gasteiger partial charge on any atom is 0.253 e. The van der Waals surface area contributed by atoms with E-state index in [9.17, 15) is 4.79 Å². The van der Waals surface area contributed by atoms with Crippen molar-refractivity contribution in [3.8, 4) is 12.1 Å². The van der Waals surface area contributed by atoms with Crippen LogP contribution in [-0.4, -0.2) is 29.6 Å². The molecule has 0 aliphatic carbocycles. The Labute approximate surface area is 123 Å². The van der Waals surface area contributed by atoms with Crippen molar-refractivity contribution in [3.63, 3.8) is 0 Å². The number of hydrazone groups is 1. The second kappa shape index (κ2) is 7.06. The van der Waals surface area contributed by atoms with Crippen LogP contribution in [0, 0.1) is 22.7 Å². The molecule has 1 fully saturated rings. The predicted molar refractivity (Wildman–Crippen MR) is 78.5 cm³/mol. The van der Waals surface area contributed by atoms with Gasteiger partial charge >= 0.3 is 0 Å². The number of nitrogens with zero attached hydrogens (tertiary/aromatic N) is 4. The number of benzene rings is 1. The molecule has 0 bridgehead atoms. The number of carbonyl (C=O) groups is 1. The van der Waals surface area contributed by atoms with Crippen LogP contribution in [0.1, 0.15) is 29.6 Å². The minimum atomic E-state index is -0.247. The van der Waals surface area contributed by atoms with Crippen molar-refractivity contribution in [2.75, 3.05) is 18.5 Å². The molecule has 1 heterocycles. The molecular weight excluding hydrogens is 266 g/mol. The number of nitriles is 2. The molecule has 0 unspecified atom stereocenters. The van der Waals surface area contributed by atoms with Crippen molar-refractivity contribution in [3.05, 3.63) is 29.8 Å². The lowest BCUT2D eigenvalue weighted by atomic mass is 10.1. The molecule has 6 heteroatoms. The maximum atomic E-state index is 12.3. The van der Waals surface area contributed by atoms with E-state index in [1.54, 1.807) is 36.4 Å². The van der Waals surface area contributed by atoms with Gasteiger partial charge in [0.2, 0.25) is 5.71 Å². The molecule has 0 spiro atoms. The highest BCUT2D eigenvalue weighted by atomic mass is 16.2. The first-order valence-electron chi connectivity index (χ1n) is 6.78. The Morgan fingerprint density at radius 2 is 1.71 bits per heavy atom. The van der Waals surface area contributed by atoms with E-state index in [0.29, 0.717) is 11.3 Å². The van der Waals surface area contributed by atoms with E-state index in [1.165, 1.54) is 6.42 Å². The summed E-state index contributed by atoms with van der Waals surface area (Å²) < 4.78 is 0. The smallest absolute Gasteiger partial charge is 0.253 e. The van der Waals surface area contributed by atoms with Gasteiger partial charge < -0.3 is 4.90 Å². The molecule has 0 aromatic heterocycles. The van der Waals surface area contributed by atoms with Crippen molar-refractivity contribution in [2.45, 2.75) is 19.3 Å². The summed E-state index contributed by atoms with van der Waals surface area (Å²) in [6.45, 7) is 1.63. The number of hydrogen-bond acceptors (Lipinski definition) is 5. The molecule has 6 nitrogen and oxygen atoms in total. The Kier molecular flexibility index (Phi) is 4.89. The Hall–Kier alpha value is -2.86. The van der Waals surface area contributed by atoms with Crippen LogP contribution >= 0.6 is 0 Å². The average Bonchev–Trinajstić information content (AvgIpc) is 2.56. The van der Waals surface area contributed by atoms with Crippen molar-refractivity contribution in [1.82, 2.24) is 4.90 Å². The van der Waals surface area contributed by atoms with Crippen LogP contribution in [0.15, 0.2) is 29.4 Å². The largest absolute Gasteiger partial charge is 0.339 e. The zero-order valence-electron chi connectivity index (χ0n) is 11.5.